The van der Waals surface area contributed by atoms with Crippen LogP contribution in [0.2, 0.25) is 0 Å². The molecule has 0 aliphatic heterocycles. The molecule has 0 radical (unpaired) electrons. The Balaban J connectivity index is 1.32. The molecular weight excluding hydrogens is 546 g/mol. The van der Waals surface area contributed by atoms with Crippen LogP contribution in [0.25, 0.3) is 22.4 Å². The average molecular weight is 582 g/mol. The number of aromatic nitrogens is 1. The predicted molar refractivity (Wildman–Crippen MR) is 163 cm³/mol. The lowest BCUT2D eigenvalue weighted by atomic mass is 10.0. The van der Waals surface area contributed by atoms with Gasteiger partial charge in [-0.3, -0.25) is 9.59 Å². The number of hydrogen-bond donors (Lipinski definition) is 4. The first kappa shape index (κ1) is 30.8. The van der Waals surface area contributed by atoms with Crippen LogP contribution >= 0.6 is 0 Å². The van der Waals surface area contributed by atoms with Gasteiger partial charge in [0.25, 0.3) is 0 Å². The molecule has 9 heteroatoms. The second kappa shape index (κ2) is 14.1. The number of rotatable bonds is 13. The summed E-state index contributed by atoms with van der Waals surface area (Å²) in [5.74, 6) is -1.71. The Morgan fingerprint density at radius 2 is 1.49 bits per heavy atom. The number of pyridine rings is 1. The molecule has 222 valence electrons. The summed E-state index contributed by atoms with van der Waals surface area (Å²) in [4.78, 5) is 42.1. The van der Waals surface area contributed by atoms with Crippen LogP contribution in [0.5, 0.6) is 11.6 Å². The number of carboxylic acid groups (broad SMARTS) is 1. The van der Waals surface area contributed by atoms with Crippen LogP contribution in [0.15, 0.2) is 97.1 Å². The van der Waals surface area contributed by atoms with Crippen molar-refractivity contribution in [1.29, 1.82) is 0 Å². The number of phenols is 1. The topological polar surface area (TPSA) is 138 Å². The summed E-state index contributed by atoms with van der Waals surface area (Å²) in [7, 11) is 0. The van der Waals surface area contributed by atoms with E-state index in [-0.39, 0.29) is 31.1 Å². The van der Waals surface area contributed by atoms with Crippen LogP contribution in [-0.2, 0) is 20.8 Å². The Morgan fingerprint density at radius 3 is 2.12 bits per heavy atom. The molecule has 4 N–H and O–H groups in total. The molecule has 1 atom stereocenters. The van der Waals surface area contributed by atoms with Crippen molar-refractivity contribution in [3.05, 3.63) is 103 Å². The smallest absolute Gasteiger partial charge is 0.326 e. The number of phenolic OH excluding ortho intramolecular Hbond substituents is 1. The molecule has 0 aliphatic rings. The van der Waals surface area contributed by atoms with Crippen LogP contribution in [0.1, 0.15) is 32.3 Å². The highest BCUT2D eigenvalue weighted by Gasteiger charge is 2.32. The van der Waals surface area contributed by atoms with E-state index in [0.717, 1.165) is 22.4 Å². The fourth-order valence-corrected chi connectivity index (χ4v) is 4.42. The monoisotopic (exact) mass is 581 g/mol. The Hall–Kier alpha value is -5.18. The fraction of sp³-hybridized carbons (Fsp3) is 0.235. The molecule has 0 fully saturated rings. The Labute approximate surface area is 250 Å². The number of ether oxygens (including phenoxy) is 1. The first-order valence-electron chi connectivity index (χ1n) is 14.0. The lowest BCUT2D eigenvalue weighted by molar-refractivity contribution is -0.143. The molecule has 0 saturated heterocycles. The summed E-state index contributed by atoms with van der Waals surface area (Å²) in [6.45, 7) is 3.26. The lowest BCUT2D eigenvalue weighted by Crippen LogP contribution is -2.58. The number of carbonyl (C=O) groups is 3. The van der Waals surface area contributed by atoms with Crippen molar-refractivity contribution in [1.82, 2.24) is 15.6 Å². The zero-order chi connectivity index (χ0) is 30.8. The SMILES string of the molecule is CC(C)(NC(=O)CCCOc1cc(-c2ccccc2)cc(-c2ccccc2)n1)C(=O)N[C@@H](Cc1ccc(O)cc1)C(=O)O. The van der Waals surface area contributed by atoms with Crippen LogP contribution in [0.4, 0.5) is 0 Å². The molecule has 0 saturated carbocycles. The number of hydrogen-bond acceptors (Lipinski definition) is 6. The first-order valence-corrected chi connectivity index (χ1v) is 14.0. The molecule has 0 spiro atoms. The Kier molecular flexibility index (Phi) is 10.1. The zero-order valence-corrected chi connectivity index (χ0v) is 24.1. The van der Waals surface area contributed by atoms with Gasteiger partial charge in [0.15, 0.2) is 0 Å². The second-order valence-electron chi connectivity index (χ2n) is 10.7. The van der Waals surface area contributed by atoms with E-state index < -0.39 is 23.5 Å². The number of amides is 2. The molecule has 0 aliphatic carbocycles. The third kappa shape index (κ3) is 8.90. The summed E-state index contributed by atoms with van der Waals surface area (Å²) in [5, 5.41) is 24.2. The van der Waals surface area contributed by atoms with Gasteiger partial charge in [-0.05, 0) is 55.2 Å². The minimum atomic E-state index is -1.35. The number of benzene rings is 3. The first-order chi connectivity index (χ1) is 20.6. The third-order valence-electron chi connectivity index (χ3n) is 6.78. The summed E-state index contributed by atoms with van der Waals surface area (Å²) in [5.41, 5.74) is 2.99. The number of aromatic hydroxyl groups is 1. The van der Waals surface area contributed by atoms with E-state index in [0.29, 0.717) is 17.9 Å². The maximum absolute atomic E-state index is 12.9. The molecule has 43 heavy (non-hydrogen) atoms. The normalized spacial score (nSPS) is 11.8. The van der Waals surface area contributed by atoms with Crippen molar-refractivity contribution in [3.63, 3.8) is 0 Å². The molecule has 0 bridgehead atoms. The van der Waals surface area contributed by atoms with Crippen LogP contribution in [0, 0.1) is 0 Å². The van der Waals surface area contributed by atoms with E-state index >= 15 is 0 Å². The van der Waals surface area contributed by atoms with E-state index in [1.165, 1.54) is 26.0 Å². The highest BCUT2D eigenvalue weighted by atomic mass is 16.5. The van der Waals surface area contributed by atoms with E-state index in [9.17, 15) is 24.6 Å². The number of carbonyl (C=O) groups excluding carboxylic acids is 2. The van der Waals surface area contributed by atoms with Gasteiger partial charge in [-0.25, -0.2) is 9.78 Å². The molecule has 3 aromatic carbocycles. The van der Waals surface area contributed by atoms with Gasteiger partial charge in [-0.2, -0.15) is 0 Å². The number of aliphatic carboxylic acids is 1. The molecule has 4 aromatic rings. The van der Waals surface area contributed by atoms with Gasteiger partial charge in [0.05, 0.1) is 12.3 Å². The maximum atomic E-state index is 12.9. The minimum absolute atomic E-state index is 0.0220. The predicted octanol–water partition coefficient (Wildman–Crippen LogP) is 4.99. The van der Waals surface area contributed by atoms with Crippen molar-refractivity contribution in [3.8, 4) is 34.0 Å². The quantitative estimate of drug-likeness (QED) is 0.163. The van der Waals surface area contributed by atoms with Gasteiger partial charge in [0.1, 0.15) is 17.3 Å². The summed E-state index contributed by atoms with van der Waals surface area (Å²) in [6, 6.07) is 28.5. The summed E-state index contributed by atoms with van der Waals surface area (Å²) < 4.78 is 5.95. The Bertz CT molecular complexity index is 1480. The van der Waals surface area contributed by atoms with Gasteiger partial charge in [-0.1, -0.05) is 72.8 Å². The molecular formula is C34H35N3O6. The van der Waals surface area contributed by atoms with Crippen LogP contribution < -0.4 is 15.4 Å². The molecule has 9 nitrogen and oxygen atoms in total. The minimum Gasteiger partial charge on any atom is -0.508 e. The molecule has 4 rings (SSSR count). The van der Waals surface area contributed by atoms with Gasteiger partial charge < -0.3 is 25.6 Å². The lowest BCUT2D eigenvalue weighted by Gasteiger charge is -2.27. The van der Waals surface area contributed by atoms with E-state index in [4.69, 9.17) is 4.74 Å². The number of nitrogens with one attached hydrogen (secondary N) is 2. The summed E-state index contributed by atoms with van der Waals surface area (Å²) >= 11 is 0. The average Bonchev–Trinajstić information content (AvgIpc) is 3.00. The zero-order valence-electron chi connectivity index (χ0n) is 24.1. The van der Waals surface area contributed by atoms with Gasteiger partial charge >= 0.3 is 5.97 Å². The van der Waals surface area contributed by atoms with Gasteiger partial charge in [0, 0.05) is 24.5 Å². The van der Waals surface area contributed by atoms with E-state index in [2.05, 4.69) is 15.6 Å². The summed E-state index contributed by atoms with van der Waals surface area (Å²) in [6.07, 6.45) is 0.491. The second-order valence-corrected chi connectivity index (χ2v) is 10.7. The standard InChI is InChI=1S/C34H35N3O6/c1-34(2,33(42)36-29(32(40)41)20-23-15-17-27(38)18-16-23)37-30(39)14-9-19-43-31-22-26(24-10-5-3-6-11-24)21-28(35-31)25-12-7-4-8-13-25/h3-8,10-13,15-18,21-22,29,38H,9,14,19-20H2,1-2H3,(H,36,42)(H,37,39)(H,40,41)/t29-/m0/s1. The Morgan fingerprint density at radius 1 is 0.860 bits per heavy atom. The van der Waals surface area contributed by atoms with Crippen molar-refractivity contribution in [2.24, 2.45) is 0 Å². The van der Waals surface area contributed by atoms with Crippen LogP contribution in [-0.4, -0.2) is 51.2 Å². The van der Waals surface area contributed by atoms with Crippen molar-refractivity contribution in [2.75, 3.05) is 6.61 Å². The largest absolute Gasteiger partial charge is 0.508 e. The van der Waals surface area contributed by atoms with Crippen molar-refractivity contribution in [2.45, 2.75) is 44.7 Å². The van der Waals surface area contributed by atoms with E-state index in [1.807, 2.05) is 72.8 Å². The number of carboxylic acids is 1. The van der Waals surface area contributed by atoms with E-state index in [1.54, 1.807) is 12.1 Å². The highest BCUT2D eigenvalue weighted by Crippen LogP contribution is 2.28. The molecule has 1 aromatic heterocycles. The fourth-order valence-electron chi connectivity index (χ4n) is 4.42. The van der Waals surface area contributed by atoms with Crippen molar-refractivity contribution < 1.29 is 29.3 Å². The molecule has 1 heterocycles. The highest BCUT2D eigenvalue weighted by molar-refractivity contribution is 5.93. The van der Waals surface area contributed by atoms with Gasteiger partial charge in [-0.15, -0.1) is 0 Å². The van der Waals surface area contributed by atoms with Gasteiger partial charge in [0.2, 0.25) is 17.7 Å². The maximum Gasteiger partial charge on any atom is 0.326 e. The van der Waals surface area contributed by atoms with Crippen LogP contribution in [0.3, 0.4) is 0 Å². The number of nitrogens with zero attached hydrogens (tertiary/aromatic N) is 1. The molecule has 2 amide bonds. The molecule has 0 unspecified atom stereocenters. The third-order valence-corrected chi connectivity index (χ3v) is 6.78. The van der Waals surface area contributed by atoms with Crippen molar-refractivity contribution >= 4 is 17.8 Å².